The molecule has 0 aromatic heterocycles. The van der Waals surface area contributed by atoms with Gasteiger partial charge in [0, 0.05) is 0 Å². The summed E-state index contributed by atoms with van der Waals surface area (Å²) in [6.45, 7) is 4.26. The lowest BCUT2D eigenvalue weighted by molar-refractivity contribution is 0.0397. The first-order valence-electron chi connectivity index (χ1n) is 9.08. The molecule has 0 fully saturated rings. The molecule has 0 radical (unpaired) electrons. The summed E-state index contributed by atoms with van der Waals surface area (Å²) >= 11 is 0. The summed E-state index contributed by atoms with van der Waals surface area (Å²) < 4.78 is 5.06. The number of esters is 2. The van der Waals surface area contributed by atoms with Crippen LogP contribution in [0.1, 0.15) is 71.4 Å². The predicted molar refractivity (Wildman–Crippen MR) is 99.9 cm³/mol. The van der Waals surface area contributed by atoms with Crippen LogP contribution in [0, 0.1) is 0 Å². The summed E-state index contributed by atoms with van der Waals surface area (Å²) in [6.07, 6.45) is 6.18. The van der Waals surface area contributed by atoms with Crippen LogP contribution in [0.4, 0.5) is 0 Å². The van der Waals surface area contributed by atoms with E-state index in [2.05, 4.69) is 13.8 Å². The number of carbonyl (C=O) groups is 2. The zero-order valence-electron chi connectivity index (χ0n) is 15.1. The first-order chi connectivity index (χ1) is 12.1. The molecule has 0 aliphatic carbocycles. The minimum Gasteiger partial charge on any atom is -0.386 e. The molecule has 2 aromatic rings. The highest BCUT2D eigenvalue weighted by Crippen LogP contribution is 2.13. The Morgan fingerprint density at radius 2 is 1.20 bits per heavy atom. The van der Waals surface area contributed by atoms with Crippen molar-refractivity contribution in [3.8, 4) is 0 Å². The number of rotatable bonds is 8. The molecule has 2 aromatic carbocycles. The number of hydrogen-bond acceptors (Lipinski definition) is 3. The van der Waals surface area contributed by atoms with Gasteiger partial charge in [0.15, 0.2) is 0 Å². The Labute approximate surface area is 150 Å². The van der Waals surface area contributed by atoms with E-state index in [4.69, 9.17) is 4.74 Å². The van der Waals surface area contributed by atoms with E-state index in [-0.39, 0.29) is 0 Å². The molecule has 0 unspecified atom stereocenters. The highest BCUT2D eigenvalue weighted by atomic mass is 16.6. The molecule has 25 heavy (non-hydrogen) atoms. The minimum absolute atomic E-state index is 0.420. The van der Waals surface area contributed by atoms with Crippen molar-refractivity contribution >= 4 is 11.9 Å². The number of hydrogen-bond donors (Lipinski definition) is 0. The van der Waals surface area contributed by atoms with Gasteiger partial charge in [0.25, 0.3) is 0 Å². The quantitative estimate of drug-likeness (QED) is 0.480. The topological polar surface area (TPSA) is 43.4 Å². The van der Waals surface area contributed by atoms with Crippen LogP contribution in [0.25, 0.3) is 0 Å². The zero-order valence-corrected chi connectivity index (χ0v) is 15.1. The van der Waals surface area contributed by atoms with Crippen molar-refractivity contribution in [1.82, 2.24) is 0 Å². The average Bonchev–Trinajstić information content (AvgIpc) is 2.65. The third-order valence-corrected chi connectivity index (χ3v) is 4.15. The maximum atomic E-state index is 12.3. The van der Waals surface area contributed by atoms with Crippen molar-refractivity contribution in [2.75, 3.05) is 0 Å². The fourth-order valence-electron chi connectivity index (χ4n) is 2.67. The van der Waals surface area contributed by atoms with Gasteiger partial charge in [0.05, 0.1) is 11.1 Å². The van der Waals surface area contributed by atoms with E-state index < -0.39 is 11.9 Å². The number of carbonyl (C=O) groups excluding carboxylic acids is 2. The molecular weight excluding hydrogens is 312 g/mol. The van der Waals surface area contributed by atoms with Crippen LogP contribution in [0.15, 0.2) is 48.5 Å². The van der Waals surface area contributed by atoms with Gasteiger partial charge in [-0.25, -0.2) is 9.59 Å². The van der Waals surface area contributed by atoms with Crippen molar-refractivity contribution in [3.05, 3.63) is 70.8 Å². The number of ether oxygens (including phenoxy) is 1. The third-order valence-electron chi connectivity index (χ3n) is 4.15. The van der Waals surface area contributed by atoms with E-state index >= 15 is 0 Å². The average molecular weight is 338 g/mol. The highest BCUT2D eigenvalue weighted by Gasteiger charge is 2.15. The van der Waals surface area contributed by atoms with E-state index in [0.29, 0.717) is 11.1 Å². The lowest BCUT2D eigenvalue weighted by atomic mass is 10.1. The lowest BCUT2D eigenvalue weighted by Crippen LogP contribution is -2.13. The second kappa shape index (κ2) is 9.77. The van der Waals surface area contributed by atoms with Crippen LogP contribution in [0.2, 0.25) is 0 Å². The predicted octanol–water partition coefficient (Wildman–Crippen LogP) is 5.37. The van der Waals surface area contributed by atoms with Crippen molar-refractivity contribution < 1.29 is 14.3 Å². The first-order valence-corrected chi connectivity index (χ1v) is 9.08. The molecule has 2 rings (SSSR count). The molecule has 0 heterocycles. The van der Waals surface area contributed by atoms with E-state index in [9.17, 15) is 9.59 Å². The van der Waals surface area contributed by atoms with Crippen LogP contribution < -0.4 is 0 Å². The Balaban J connectivity index is 2.03. The van der Waals surface area contributed by atoms with Gasteiger partial charge in [-0.2, -0.15) is 0 Å². The van der Waals surface area contributed by atoms with Crippen LogP contribution in [-0.2, 0) is 17.6 Å². The maximum Gasteiger partial charge on any atom is 0.346 e. The summed E-state index contributed by atoms with van der Waals surface area (Å²) in [5.41, 5.74) is 3.02. The molecule has 0 aliphatic heterocycles. The Morgan fingerprint density at radius 3 is 1.60 bits per heavy atom. The maximum absolute atomic E-state index is 12.3. The molecule has 0 N–H and O–H groups in total. The van der Waals surface area contributed by atoms with Crippen LogP contribution in [-0.4, -0.2) is 11.9 Å². The van der Waals surface area contributed by atoms with Crippen molar-refractivity contribution in [3.63, 3.8) is 0 Å². The van der Waals surface area contributed by atoms with Crippen molar-refractivity contribution in [2.45, 2.75) is 52.4 Å². The molecule has 3 nitrogen and oxygen atoms in total. The molecule has 0 saturated carbocycles. The molecule has 0 bridgehead atoms. The van der Waals surface area contributed by atoms with E-state index in [1.54, 1.807) is 12.1 Å². The molecule has 132 valence electrons. The molecule has 0 aliphatic rings. The second-order valence-corrected chi connectivity index (χ2v) is 6.28. The molecule has 0 saturated heterocycles. The van der Waals surface area contributed by atoms with Crippen molar-refractivity contribution in [1.29, 1.82) is 0 Å². The van der Waals surface area contributed by atoms with Gasteiger partial charge in [-0.05, 0) is 61.1 Å². The van der Waals surface area contributed by atoms with Gasteiger partial charge in [-0.3, -0.25) is 0 Å². The van der Waals surface area contributed by atoms with Crippen molar-refractivity contribution in [2.24, 2.45) is 0 Å². The Bertz CT molecular complexity index is 657. The standard InChI is InChI=1S/C22H26O3/c1-3-5-9-17-11-7-13-19(15-17)21(23)25-22(24)20-14-8-12-18(16-20)10-6-4-2/h7-8,11-16H,3-6,9-10H2,1-2H3. The Kier molecular flexibility index (Phi) is 7.39. The largest absolute Gasteiger partial charge is 0.386 e. The van der Waals surface area contributed by atoms with Crippen LogP contribution in [0.5, 0.6) is 0 Å². The molecule has 0 spiro atoms. The highest BCUT2D eigenvalue weighted by molar-refractivity contribution is 6.02. The SMILES string of the molecule is CCCCc1cccc(C(=O)OC(=O)c2cccc(CCCC)c2)c1. The summed E-state index contributed by atoms with van der Waals surface area (Å²) in [6, 6.07) is 14.6. The molecular formula is C22H26O3. The van der Waals surface area contributed by atoms with E-state index in [1.165, 1.54) is 0 Å². The van der Waals surface area contributed by atoms with E-state index in [0.717, 1.165) is 49.7 Å². The van der Waals surface area contributed by atoms with E-state index in [1.807, 2.05) is 36.4 Å². The fraction of sp³-hybridized carbons (Fsp3) is 0.364. The normalized spacial score (nSPS) is 10.5. The van der Waals surface area contributed by atoms with Crippen LogP contribution >= 0.6 is 0 Å². The number of aryl methyl sites for hydroxylation is 2. The molecule has 0 amide bonds. The summed E-state index contributed by atoms with van der Waals surface area (Å²) in [5.74, 6) is -1.19. The first kappa shape index (κ1) is 18.9. The fourth-order valence-corrected chi connectivity index (χ4v) is 2.67. The van der Waals surface area contributed by atoms with Gasteiger partial charge < -0.3 is 4.74 Å². The van der Waals surface area contributed by atoms with Gasteiger partial charge in [-0.1, -0.05) is 51.0 Å². The zero-order chi connectivity index (χ0) is 18.1. The number of unbranched alkanes of at least 4 members (excludes halogenated alkanes) is 2. The minimum atomic E-state index is -0.595. The Hall–Kier alpha value is -2.42. The summed E-state index contributed by atoms with van der Waals surface area (Å²) in [7, 11) is 0. The summed E-state index contributed by atoms with van der Waals surface area (Å²) in [5, 5.41) is 0. The van der Waals surface area contributed by atoms with Crippen LogP contribution in [0.3, 0.4) is 0 Å². The van der Waals surface area contributed by atoms with Gasteiger partial charge in [-0.15, -0.1) is 0 Å². The Morgan fingerprint density at radius 1 is 0.760 bits per heavy atom. The molecule has 0 atom stereocenters. The summed E-state index contributed by atoms with van der Waals surface area (Å²) in [4.78, 5) is 24.5. The number of benzene rings is 2. The second-order valence-electron chi connectivity index (χ2n) is 6.28. The lowest BCUT2D eigenvalue weighted by Gasteiger charge is -2.07. The van der Waals surface area contributed by atoms with Gasteiger partial charge in [0.1, 0.15) is 0 Å². The smallest absolute Gasteiger partial charge is 0.346 e. The monoisotopic (exact) mass is 338 g/mol. The third kappa shape index (κ3) is 5.86. The van der Waals surface area contributed by atoms with Gasteiger partial charge in [0.2, 0.25) is 0 Å². The molecule has 3 heteroatoms. The van der Waals surface area contributed by atoms with Gasteiger partial charge >= 0.3 is 11.9 Å².